The van der Waals surface area contributed by atoms with E-state index >= 15 is 0 Å². The van der Waals surface area contributed by atoms with Crippen molar-refractivity contribution in [1.82, 2.24) is 0 Å². The maximum Gasteiger partial charge on any atom is 0.0992 e. The molecule has 23 heavy (non-hydrogen) atoms. The smallest absolute Gasteiger partial charge is 0.0992 e. The number of rotatable bonds is 3. The van der Waals surface area contributed by atoms with E-state index in [1.807, 2.05) is 18.2 Å². The van der Waals surface area contributed by atoms with Gasteiger partial charge in [-0.1, -0.05) is 36.9 Å². The summed E-state index contributed by atoms with van der Waals surface area (Å²) in [5, 5.41) is 8.94. The summed E-state index contributed by atoms with van der Waals surface area (Å²) in [6, 6.07) is 18.1. The van der Waals surface area contributed by atoms with Crippen molar-refractivity contribution in [2.75, 3.05) is 23.7 Å². The molecule has 1 saturated heterocycles. The van der Waals surface area contributed by atoms with Gasteiger partial charge in [0.05, 0.1) is 23.0 Å². The van der Waals surface area contributed by atoms with E-state index in [0.717, 1.165) is 31.6 Å². The van der Waals surface area contributed by atoms with Crippen molar-refractivity contribution in [3.8, 4) is 6.07 Å². The highest BCUT2D eigenvalue weighted by Crippen LogP contribution is 2.34. The molecule has 0 aromatic heterocycles. The maximum absolute atomic E-state index is 8.94. The zero-order valence-electron chi connectivity index (χ0n) is 13.2. The molecule has 1 heterocycles. The van der Waals surface area contributed by atoms with Crippen LogP contribution in [0.2, 0.25) is 0 Å². The fourth-order valence-corrected chi connectivity index (χ4v) is 3.27. The summed E-state index contributed by atoms with van der Waals surface area (Å²) in [5.74, 6) is 0.522. The van der Waals surface area contributed by atoms with Gasteiger partial charge in [0, 0.05) is 13.1 Å². The molecule has 0 atom stereocenters. The molecule has 1 aliphatic rings. The number of nitriles is 1. The van der Waals surface area contributed by atoms with Gasteiger partial charge < -0.3 is 10.6 Å². The summed E-state index contributed by atoms with van der Waals surface area (Å²) in [4.78, 5) is 2.31. The molecule has 116 valence electrons. The number of piperidine rings is 1. The fourth-order valence-electron chi connectivity index (χ4n) is 3.27. The summed E-state index contributed by atoms with van der Waals surface area (Å²) in [7, 11) is 0. The standard InChI is InChI=1S/C20H21N3/c1-15(17-5-3-2-4-6-17)18-9-11-23(12-10-18)20-8-7-16(14-21)13-19(20)22/h2-8,13,18H,1,9-12,22H2. The molecular weight excluding hydrogens is 282 g/mol. The summed E-state index contributed by atoms with van der Waals surface area (Å²) < 4.78 is 0. The van der Waals surface area contributed by atoms with Crippen LogP contribution in [0.3, 0.4) is 0 Å². The van der Waals surface area contributed by atoms with E-state index in [4.69, 9.17) is 11.0 Å². The van der Waals surface area contributed by atoms with Crippen LogP contribution in [0.4, 0.5) is 11.4 Å². The van der Waals surface area contributed by atoms with Gasteiger partial charge in [0.1, 0.15) is 0 Å². The van der Waals surface area contributed by atoms with E-state index in [0.29, 0.717) is 17.2 Å². The van der Waals surface area contributed by atoms with E-state index in [9.17, 15) is 0 Å². The predicted octanol–water partition coefficient (Wildman–Crippen LogP) is 4.07. The Labute approximate surface area is 137 Å². The molecule has 0 radical (unpaired) electrons. The summed E-state index contributed by atoms with van der Waals surface area (Å²) in [6.07, 6.45) is 2.15. The summed E-state index contributed by atoms with van der Waals surface area (Å²) >= 11 is 0. The minimum absolute atomic E-state index is 0.522. The lowest BCUT2D eigenvalue weighted by molar-refractivity contribution is 0.491. The first-order valence-corrected chi connectivity index (χ1v) is 7.98. The van der Waals surface area contributed by atoms with Crippen LogP contribution in [0, 0.1) is 17.2 Å². The van der Waals surface area contributed by atoms with E-state index < -0.39 is 0 Å². The Kier molecular flexibility index (Phi) is 4.34. The number of benzene rings is 2. The largest absolute Gasteiger partial charge is 0.397 e. The van der Waals surface area contributed by atoms with Gasteiger partial charge in [0.25, 0.3) is 0 Å². The Morgan fingerprint density at radius 1 is 1.13 bits per heavy atom. The van der Waals surface area contributed by atoms with Gasteiger partial charge in [-0.2, -0.15) is 5.26 Å². The number of nitrogens with zero attached hydrogens (tertiary/aromatic N) is 2. The molecular formula is C20H21N3. The van der Waals surface area contributed by atoms with Crippen molar-refractivity contribution < 1.29 is 0 Å². The van der Waals surface area contributed by atoms with Gasteiger partial charge in [0.15, 0.2) is 0 Å². The number of hydrogen-bond acceptors (Lipinski definition) is 3. The maximum atomic E-state index is 8.94. The van der Waals surface area contributed by atoms with Gasteiger partial charge in [-0.3, -0.25) is 0 Å². The second kappa shape index (κ2) is 6.58. The third kappa shape index (κ3) is 3.22. The molecule has 2 aromatic rings. The van der Waals surface area contributed by atoms with Crippen molar-refractivity contribution in [3.05, 3.63) is 66.2 Å². The van der Waals surface area contributed by atoms with Crippen LogP contribution >= 0.6 is 0 Å². The average molecular weight is 303 g/mol. The van der Waals surface area contributed by atoms with Crippen LogP contribution in [0.15, 0.2) is 55.1 Å². The lowest BCUT2D eigenvalue weighted by Gasteiger charge is -2.35. The molecule has 3 rings (SSSR count). The molecule has 0 bridgehead atoms. The van der Waals surface area contributed by atoms with Crippen molar-refractivity contribution >= 4 is 16.9 Å². The van der Waals surface area contributed by atoms with Crippen LogP contribution in [-0.2, 0) is 0 Å². The Bertz CT molecular complexity index is 735. The Balaban J connectivity index is 1.67. The second-order valence-corrected chi connectivity index (χ2v) is 6.04. The predicted molar refractivity (Wildman–Crippen MR) is 96.0 cm³/mol. The first-order valence-electron chi connectivity index (χ1n) is 7.98. The number of hydrogen-bond donors (Lipinski definition) is 1. The highest BCUT2D eigenvalue weighted by molar-refractivity contribution is 5.70. The SMILES string of the molecule is C=C(c1ccccc1)C1CCN(c2ccc(C#N)cc2N)CC1. The molecule has 3 nitrogen and oxygen atoms in total. The Hall–Kier alpha value is -2.73. The lowest BCUT2D eigenvalue weighted by atomic mass is 9.86. The normalized spacial score (nSPS) is 15.2. The van der Waals surface area contributed by atoms with Crippen LogP contribution in [0.25, 0.3) is 5.57 Å². The van der Waals surface area contributed by atoms with Gasteiger partial charge >= 0.3 is 0 Å². The van der Waals surface area contributed by atoms with Crippen molar-refractivity contribution in [2.45, 2.75) is 12.8 Å². The Morgan fingerprint density at radius 2 is 1.83 bits per heavy atom. The van der Waals surface area contributed by atoms with E-state index in [1.165, 1.54) is 11.1 Å². The monoisotopic (exact) mass is 303 g/mol. The molecule has 2 aromatic carbocycles. The number of anilines is 2. The van der Waals surface area contributed by atoms with Crippen molar-refractivity contribution in [2.24, 2.45) is 5.92 Å². The average Bonchev–Trinajstić information content (AvgIpc) is 2.62. The first-order chi connectivity index (χ1) is 11.2. The molecule has 0 spiro atoms. The van der Waals surface area contributed by atoms with E-state index in [1.54, 1.807) is 6.07 Å². The lowest BCUT2D eigenvalue weighted by Crippen LogP contribution is -2.34. The van der Waals surface area contributed by atoms with Crippen molar-refractivity contribution in [1.29, 1.82) is 5.26 Å². The molecule has 0 saturated carbocycles. The quantitative estimate of drug-likeness (QED) is 0.870. The van der Waals surface area contributed by atoms with E-state index in [2.05, 4.69) is 41.8 Å². The zero-order valence-corrected chi connectivity index (χ0v) is 13.2. The number of nitrogen functional groups attached to an aromatic ring is 1. The van der Waals surface area contributed by atoms with Crippen LogP contribution < -0.4 is 10.6 Å². The van der Waals surface area contributed by atoms with Crippen LogP contribution in [0.5, 0.6) is 0 Å². The molecule has 1 fully saturated rings. The highest BCUT2D eigenvalue weighted by atomic mass is 15.1. The third-order valence-corrected chi connectivity index (χ3v) is 4.63. The number of allylic oxidation sites excluding steroid dienone is 1. The number of nitrogens with two attached hydrogens (primary N) is 1. The molecule has 0 aliphatic carbocycles. The van der Waals surface area contributed by atoms with Crippen LogP contribution in [0.1, 0.15) is 24.0 Å². The molecule has 3 heteroatoms. The summed E-state index contributed by atoms with van der Waals surface area (Å²) in [5.41, 5.74) is 10.9. The van der Waals surface area contributed by atoms with Gasteiger partial charge in [0.2, 0.25) is 0 Å². The first kappa shape index (κ1) is 15.2. The minimum Gasteiger partial charge on any atom is -0.397 e. The molecule has 0 unspecified atom stereocenters. The fraction of sp³-hybridized carbons (Fsp3) is 0.250. The highest BCUT2D eigenvalue weighted by Gasteiger charge is 2.23. The molecule has 0 amide bonds. The van der Waals surface area contributed by atoms with Gasteiger partial charge in [-0.25, -0.2) is 0 Å². The molecule has 1 aliphatic heterocycles. The van der Waals surface area contributed by atoms with E-state index in [-0.39, 0.29) is 0 Å². The minimum atomic E-state index is 0.522. The van der Waals surface area contributed by atoms with Crippen molar-refractivity contribution in [3.63, 3.8) is 0 Å². The zero-order chi connectivity index (χ0) is 16.2. The van der Waals surface area contributed by atoms with Gasteiger partial charge in [-0.15, -0.1) is 0 Å². The van der Waals surface area contributed by atoms with Gasteiger partial charge in [-0.05, 0) is 48.1 Å². The second-order valence-electron chi connectivity index (χ2n) is 6.04. The third-order valence-electron chi connectivity index (χ3n) is 4.63. The topological polar surface area (TPSA) is 53.0 Å². The Morgan fingerprint density at radius 3 is 2.43 bits per heavy atom. The summed E-state index contributed by atoms with van der Waals surface area (Å²) in [6.45, 7) is 6.24. The van der Waals surface area contributed by atoms with Crippen LogP contribution in [-0.4, -0.2) is 13.1 Å². The molecule has 2 N–H and O–H groups in total.